The average molecular weight is 272 g/mol. The Balaban J connectivity index is 1.97. The number of β-amino-alcohol motifs (C(OH)–C–C–N with tert-alkyl or cyclic N) is 2. The van der Waals surface area contributed by atoms with Crippen molar-refractivity contribution in [2.75, 3.05) is 18.8 Å². The molecule has 0 aliphatic carbocycles. The normalized spacial score (nSPS) is 22.4. The van der Waals surface area contributed by atoms with Crippen molar-refractivity contribution >= 4 is 22.4 Å². The highest BCUT2D eigenvalue weighted by molar-refractivity contribution is 6.04. The van der Waals surface area contributed by atoms with Gasteiger partial charge in [-0.25, -0.2) is 0 Å². The second-order valence-electron chi connectivity index (χ2n) is 5.13. The molecule has 104 valence electrons. The van der Waals surface area contributed by atoms with Crippen LogP contribution in [0.25, 0.3) is 10.8 Å². The molecule has 1 aliphatic heterocycles. The zero-order chi connectivity index (χ0) is 14.3. The second kappa shape index (κ2) is 4.77. The Morgan fingerprint density at radius 3 is 2.25 bits per heavy atom. The van der Waals surface area contributed by atoms with Crippen LogP contribution in [0.3, 0.4) is 0 Å². The summed E-state index contributed by atoms with van der Waals surface area (Å²) < 4.78 is 0. The van der Waals surface area contributed by atoms with Gasteiger partial charge in [0.05, 0.1) is 17.8 Å². The van der Waals surface area contributed by atoms with Gasteiger partial charge in [0, 0.05) is 18.8 Å². The van der Waals surface area contributed by atoms with Gasteiger partial charge in [0.15, 0.2) is 0 Å². The average Bonchev–Trinajstić information content (AvgIpc) is 2.77. The first-order valence-corrected chi connectivity index (χ1v) is 6.50. The van der Waals surface area contributed by atoms with E-state index >= 15 is 0 Å². The summed E-state index contributed by atoms with van der Waals surface area (Å²) in [5, 5.41) is 21.0. The molecule has 1 saturated heterocycles. The number of carbonyl (C=O) groups excluding carboxylic acids is 1. The van der Waals surface area contributed by atoms with E-state index in [1.165, 1.54) is 4.90 Å². The summed E-state index contributed by atoms with van der Waals surface area (Å²) in [4.78, 5) is 13.9. The van der Waals surface area contributed by atoms with Crippen LogP contribution in [0.15, 0.2) is 36.4 Å². The number of aliphatic hydroxyl groups excluding tert-OH is 2. The summed E-state index contributed by atoms with van der Waals surface area (Å²) in [6.07, 6.45) is -1.78. The van der Waals surface area contributed by atoms with Gasteiger partial charge in [-0.3, -0.25) is 4.79 Å². The lowest BCUT2D eigenvalue weighted by Gasteiger charge is -2.17. The number of nitrogens with zero attached hydrogens (tertiary/aromatic N) is 1. The molecule has 5 heteroatoms. The highest BCUT2D eigenvalue weighted by Crippen LogP contribution is 2.24. The predicted octanol–water partition coefficient (Wildman–Crippen LogP) is 0.600. The van der Waals surface area contributed by atoms with Gasteiger partial charge in [-0.15, -0.1) is 0 Å². The van der Waals surface area contributed by atoms with E-state index in [4.69, 9.17) is 5.73 Å². The van der Waals surface area contributed by atoms with Gasteiger partial charge < -0.3 is 20.8 Å². The number of carbonyl (C=O) groups is 1. The summed E-state index contributed by atoms with van der Waals surface area (Å²) >= 11 is 0. The van der Waals surface area contributed by atoms with Crippen molar-refractivity contribution in [1.82, 2.24) is 4.90 Å². The standard InChI is InChI=1S/C15H16N2O3/c16-12-6-10-4-2-1-3-9(10)5-11(12)15(20)17-7-13(18)14(19)8-17/h1-6,13-14,18-19H,7-8,16H2/t13-,14+. The van der Waals surface area contributed by atoms with Crippen LogP contribution in [0.1, 0.15) is 10.4 Å². The summed E-state index contributed by atoms with van der Waals surface area (Å²) in [6.45, 7) is 0.262. The first kappa shape index (κ1) is 12.9. The fourth-order valence-corrected chi connectivity index (χ4v) is 2.55. The van der Waals surface area contributed by atoms with Crippen molar-refractivity contribution in [3.63, 3.8) is 0 Å². The van der Waals surface area contributed by atoms with Gasteiger partial charge in [-0.05, 0) is 22.9 Å². The molecule has 1 aliphatic rings. The van der Waals surface area contributed by atoms with Crippen molar-refractivity contribution < 1.29 is 15.0 Å². The largest absolute Gasteiger partial charge is 0.398 e. The number of nitrogens with two attached hydrogens (primary N) is 1. The molecular formula is C15H16N2O3. The number of anilines is 1. The fraction of sp³-hybridized carbons (Fsp3) is 0.267. The minimum atomic E-state index is -0.888. The van der Waals surface area contributed by atoms with Gasteiger partial charge in [-0.1, -0.05) is 24.3 Å². The number of rotatable bonds is 1. The number of amides is 1. The van der Waals surface area contributed by atoms with Crippen molar-refractivity contribution in [2.24, 2.45) is 0 Å². The maximum Gasteiger partial charge on any atom is 0.256 e. The Hall–Kier alpha value is -2.11. The quantitative estimate of drug-likeness (QED) is 0.663. The maximum atomic E-state index is 12.4. The van der Waals surface area contributed by atoms with Crippen LogP contribution in [-0.2, 0) is 0 Å². The Morgan fingerprint density at radius 2 is 1.65 bits per heavy atom. The smallest absolute Gasteiger partial charge is 0.256 e. The Morgan fingerprint density at radius 1 is 1.10 bits per heavy atom. The van der Waals surface area contributed by atoms with Gasteiger partial charge in [0.2, 0.25) is 0 Å². The van der Waals surface area contributed by atoms with Gasteiger partial charge in [0.25, 0.3) is 5.91 Å². The highest BCUT2D eigenvalue weighted by Gasteiger charge is 2.33. The van der Waals surface area contributed by atoms with Gasteiger partial charge >= 0.3 is 0 Å². The summed E-state index contributed by atoms with van der Waals surface area (Å²) in [7, 11) is 0. The zero-order valence-electron chi connectivity index (χ0n) is 10.9. The first-order chi connectivity index (χ1) is 9.56. The van der Waals surface area contributed by atoms with Crippen LogP contribution in [0.2, 0.25) is 0 Å². The molecule has 0 radical (unpaired) electrons. The van der Waals surface area contributed by atoms with Crippen LogP contribution < -0.4 is 5.73 Å². The third kappa shape index (κ3) is 2.11. The molecule has 1 fully saturated rings. The van der Waals surface area contributed by atoms with E-state index in [0.717, 1.165) is 10.8 Å². The number of aliphatic hydroxyl groups is 2. The van der Waals surface area contributed by atoms with Crippen LogP contribution in [0.4, 0.5) is 5.69 Å². The molecule has 2 aromatic rings. The molecule has 0 aromatic heterocycles. The van der Waals surface area contributed by atoms with Crippen molar-refractivity contribution in [1.29, 1.82) is 0 Å². The first-order valence-electron chi connectivity index (χ1n) is 6.50. The van der Waals surface area contributed by atoms with E-state index in [-0.39, 0.29) is 19.0 Å². The van der Waals surface area contributed by atoms with Crippen LogP contribution in [-0.4, -0.2) is 46.3 Å². The predicted molar refractivity (Wildman–Crippen MR) is 76.3 cm³/mol. The number of likely N-dealkylation sites (tertiary alicyclic amines) is 1. The Bertz CT molecular complexity index is 661. The van der Waals surface area contributed by atoms with E-state index in [1.807, 2.05) is 24.3 Å². The monoisotopic (exact) mass is 272 g/mol. The van der Waals surface area contributed by atoms with E-state index in [0.29, 0.717) is 11.3 Å². The number of nitrogen functional groups attached to an aromatic ring is 1. The Kier molecular flexibility index (Phi) is 3.08. The molecule has 2 aromatic carbocycles. The van der Waals surface area contributed by atoms with Crippen molar-refractivity contribution in [3.05, 3.63) is 42.0 Å². The molecule has 4 N–H and O–H groups in total. The topological polar surface area (TPSA) is 86.8 Å². The third-order valence-electron chi connectivity index (χ3n) is 3.69. The van der Waals surface area contributed by atoms with Crippen LogP contribution >= 0.6 is 0 Å². The Labute approximate surface area is 116 Å². The van der Waals surface area contributed by atoms with Crippen molar-refractivity contribution in [3.8, 4) is 0 Å². The van der Waals surface area contributed by atoms with Crippen molar-refractivity contribution in [2.45, 2.75) is 12.2 Å². The molecule has 0 bridgehead atoms. The minimum absolute atomic E-state index is 0.131. The SMILES string of the molecule is Nc1cc2ccccc2cc1C(=O)N1C[C@@H](O)[C@@H](O)C1. The molecule has 1 amide bonds. The third-order valence-corrected chi connectivity index (χ3v) is 3.69. The zero-order valence-corrected chi connectivity index (χ0v) is 10.9. The highest BCUT2D eigenvalue weighted by atomic mass is 16.3. The lowest BCUT2D eigenvalue weighted by molar-refractivity contribution is 0.0572. The molecule has 0 saturated carbocycles. The lowest BCUT2D eigenvalue weighted by Crippen LogP contribution is -2.30. The number of hydrogen-bond donors (Lipinski definition) is 3. The summed E-state index contributed by atoms with van der Waals surface area (Å²) in [6, 6.07) is 11.2. The van der Waals surface area contributed by atoms with Crippen LogP contribution in [0.5, 0.6) is 0 Å². The molecule has 0 unspecified atom stereocenters. The maximum absolute atomic E-state index is 12.4. The van der Waals surface area contributed by atoms with E-state index in [1.54, 1.807) is 12.1 Å². The second-order valence-corrected chi connectivity index (χ2v) is 5.13. The van der Waals surface area contributed by atoms with Crippen LogP contribution in [0, 0.1) is 0 Å². The molecule has 5 nitrogen and oxygen atoms in total. The molecular weight excluding hydrogens is 256 g/mol. The van der Waals surface area contributed by atoms with E-state index in [2.05, 4.69) is 0 Å². The fourth-order valence-electron chi connectivity index (χ4n) is 2.55. The number of hydrogen-bond acceptors (Lipinski definition) is 4. The summed E-state index contributed by atoms with van der Waals surface area (Å²) in [5.41, 5.74) is 6.77. The van der Waals surface area contributed by atoms with Gasteiger partial charge in [-0.2, -0.15) is 0 Å². The van der Waals surface area contributed by atoms with E-state index in [9.17, 15) is 15.0 Å². The molecule has 1 heterocycles. The number of benzene rings is 2. The lowest BCUT2D eigenvalue weighted by atomic mass is 10.0. The molecule has 20 heavy (non-hydrogen) atoms. The molecule has 0 spiro atoms. The summed E-state index contributed by atoms with van der Waals surface area (Å²) in [5.74, 6) is -0.260. The molecule has 2 atom stereocenters. The van der Waals surface area contributed by atoms with Gasteiger partial charge in [0.1, 0.15) is 0 Å². The molecule has 3 rings (SSSR count). The minimum Gasteiger partial charge on any atom is -0.398 e. The number of fused-ring (bicyclic) bond motifs is 1. The van der Waals surface area contributed by atoms with E-state index < -0.39 is 12.2 Å².